The molecule has 262 valence electrons. The number of para-hydroxylation sites is 4. The van der Waals surface area contributed by atoms with Crippen LogP contribution in [0.15, 0.2) is 72.8 Å². The molecular weight excluding hydrogens is 609 g/mol. The smallest absolute Gasteiger partial charge is 0.142 e. The molecule has 4 unspecified atom stereocenters. The Labute approximate surface area is 302 Å². The van der Waals surface area contributed by atoms with Crippen LogP contribution in [0.5, 0.6) is 0 Å². The largest absolute Gasteiger partial charge is 0.342 e. The Morgan fingerprint density at radius 1 is 0.320 bits per heavy atom. The average molecular weight is 667 g/mol. The van der Waals surface area contributed by atoms with Crippen LogP contribution in [-0.2, 0) is 0 Å². The summed E-state index contributed by atoms with van der Waals surface area (Å²) in [5, 5.41) is 0. The van der Waals surface area contributed by atoms with E-state index in [2.05, 4.69) is 148 Å². The molecule has 4 aromatic carbocycles. The summed E-state index contributed by atoms with van der Waals surface area (Å²) in [7, 11) is 0. The van der Waals surface area contributed by atoms with Gasteiger partial charge in [-0.3, -0.25) is 0 Å². The van der Waals surface area contributed by atoms with Crippen molar-refractivity contribution in [3.63, 3.8) is 0 Å². The lowest BCUT2D eigenvalue weighted by atomic mass is 9.89. The van der Waals surface area contributed by atoms with Crippen molar-refractivity contribution in [2.75, 3.05) is 19.6 Å². The van der Waals surface area contributed by atoms with Crippen LogP contribution in [-0.4, -0.2) is 36.5 Å². The van der Waals surface area contributed by atoms with E-state index in [9.17, 15) is 0 Å². The van der Waals surface area contributed by atoms with Gasteiger partial charge in [-0.25, -0.2) is 0 Å². The monoisotopic (exact) mass is 666 g/mol. The van der Waals surface area contributed by atoms with Crippen LogP contribution in [0.2, 0.25) is 0 Å². The first-order chi connectivity index (χ1) is 24.2. The Balaban J connectivity index is 1.48. The minimum Gasteiger partial charge on any atom is -0.342 e. The number of anilines is 4. The molecule has 0 spiro atoms. The summed E-state index contributed by atoms with van der Waals surface area (Å²) in [6.07, 6.45) is 10.4. The quantitative estimate of drug-likeness (QED) is 0.210. The molecule has 0 amide bonds. The van der Waals surface area contributed by atoms with Gasteiger partial charge in [-0.05, 0) is 126 Å². The highest BCUT2D eigenvalue weighted by Gasteiger charge is 2.60. The van der Waals surface area contributed by atoms with Crippen molar-refractivity contribution in [1.29, 1.82) is 0 Å². The van der Waals surface area contributed by atoms with E-state index in [0.29, 0.717) is 24.2 Å². The second-order valence-corrected chi connectivity index (χ2v) is 16.3. The van der Waals surface area contributed by atoms with Crippen LogP contribution in [0.1, 0.15) is 95.9 Å². The summed E-state index contributed by atoms with van der Waals surface area (Å²) in [6, 6.07) is 29.7. The molecule has 0 aromatic heterocycles. The number of hydrogen-bond acceptors (Lipinski definition) is 4. The first kappa shape index (κ1) is 33.2. The van der Waals surface area contributed by atoms with Gasteiger partial charge in [-0.15, -0.1) is 0 Å². The predicted molar refractivity (Wildman–Crippen MR) is 213 cm³/mol. The molecule has 4 fully saturated rings. The lowest BCUT2D eigenvalue weighted by molar-refractivity contribution is 0.408. The fourth-order valence-electron chi connectivity index (χ4n) is 11.2. The maximum absolute atomic E-state index is 2.99. The van der Waals surface area contributed by atoms with E-state index in [1.807, 2.05) is 0 Å². The summed E-state index contributed by atoms with van der Waals surface area (Å²) in [5.74, 6) is 0. The Kier molecular flexibility index (Phi) is 8.64. The number of rotatable bonds is 5. The zero-order chi connectivity index (χ0) is 34.8. The van der Waals surface area contributed by atoms with Gasteiger partial charge >= 0.3 is 0 Å². The van der Waals surface area contributed by atoms with Gasteiger partial charge < -0.3 is 19.6 Å². The lowest BCUT2D eigenvalue weighted by Gasteiger charge is -2.48. The maximum atomic E-state index is 2.99. The van der Waals surface area contributed by atoms with Crippen molar-refractivity contribution in [3.05, 3.63) is 117 Å². The van der Waals surface area contributed by atoms with E-state index in [1.165, 1.54) is 119 Å². The molecule has 0 radical (unpaired) electrons. The molecule has 50 heavy (non-hydrogen) atoms. The first-order valence-electron chi connectivity index (χ1n) is 19.6. The van der Waals surface area contributed by atoms with Crippen molar-refractivity contribution in [3.8, 4) is 0 Å². The normalized spacial score (nSPS) is 26.4. The number of fused-ring (bicyclic) bond motifs is 2. The zero-order valence-electron chi connectivity index (χ0n) is 31.8. The molecule has 2 heterocycles. The van der Waals surface area contributed by atoms with E-state index in [4.69, 9.17) is 0 Å². The van der Waals surface area contributed by atoms with Gasteiger partial charge in [0.1, 0.15) is 12.3 Å². The first-order valence-corrected chi connectivity index (χ1v) is 19.6. The fraction of sp³-hybridized carbons (Fsp3) is 0.478. The van der Waals surface area contributed by atoms with Crippen LogP contribution in [0.4, 0.5) is 22.7 Å². The van der Waals surface area contributed by atoms with E-state index in [1.54, 1.807) is 0 Å². The van der Waals surface area contributed by atoms with Gasteiger partial charge in [0.15, 0.2) is 0 Å². The molecule has 4 aromatic rings. The highest BCUT2D eigenvalue weighted by atomic mass is 15.6. The van der Waals surface area contributed by atoms with Crippen molar-refractivity contribution >= 4 is 22.7 Å². The van der Waals surface area contributed by atoms with Crippen LogP contribution in [0, 0.1) is 55.4 Å². The van der Waals surface area contributed by atoms with Crippen molar-refractivity contribution in [2.45, 2.75) is 143 Å². The van der Waals surface area contributed by atoms with Gasteiger partial charge in [-0.2, -0.15) is 0 Å². The van der Waals surface area contributed by atoms with Gasteiger partial charge in [0.25, 0.3) is 0 Å². The highest BCUT2D eigenvalue weighted by Crippen LogP contribution is 2.53. The molecule has 8 rings (SSSR count). The Bertz CT molecular complexity index is 1540. The summed E-state index contributed by atoms with van der Waals surface area (Å²) in [6.45, 7) is 18.9. The van der Waals surface area contributed by atoms with Crippen molar-refractivity contribution in [2.24, 2.45) is 0 Å². The second-order valence-electron chi connectivity index (χ2n) is 16.3. The third-order valence-corrected chi connectivity index (χ3v) is 13.0. The number of benzene rings is 4. The zero-order valence-corrected chi connectivity index (χ0v) is 31.8. The Hall–Kier alpha value is -3.92. The van der Waals surface area contributed by atoms with E-state index in [0.717, 1.165) is 0 Å². The summed E-state index contributed by atoms with van der Waals surface area (Å²) >= 11 is 0. The van der Waals surface area contributed by atoms with Crippen LogP contribution in [0.25, 0.3) is 0 Å². The third-order valence-electron chi connectivity index (χ3n) is 13.0. The van der Waals surface area contributed by atoms with Crippen molar-refractivity contribution in [1.82, 2.24) is 0 Å². The van der Waals surface area contributed by atoms with Gasteiger partial charge in [0, 0.05) is 22.7 Å². The van der Waals surface area contributed by atoms with Crippen LogP contribution in [0.3, 0.4) is 0 Å². The van der Waals surface area contributed by atoms with Gasteiger partial charge in [0.05, 0.1) is 24.2 Å². The van der Waals surface area contributed by atoms with E-state index < -0.39 is 0 Å². The molecule has 4 nitrogen and oxygen atoms in total. The summed E-state index contributed by atoms with van der Waals surface area (Å²) in [5.41, 5.74) is 17.0. The standard InChI is InChI=1S/C46H58N4/c1-29-17-13-18-30(2)41(29)47-37-25-9-10-26-38(37)48(42-31(3)19-14-20-32(42)4)45(47)46-49(43-33(5)21-15-22-34(43)6)39-27-11-12-28-40(39)50(46)44-35(7)23-16-24-36(44)8/h13-24,37-40,45-46H,9-12,25-28H2,1-8H3. The molecular formula is C46H58N4. The molecule has 2 aliphatic heterocycles. The topological polar surface area (TPSA) is 13.0 Å². The number of aryl methyl sites for hydroxylation is 8. The second kappa shape index (κ2) is 13.0. The van der Waals surface area contributed by atoms with Gasteiger partial charge in [-0.1, -0.05) is 98.5 Å². The SMILES string of the molecule is Cc1cccc(C)c1N1C2CCCCC2N(c2c(C)cccc2C)C1C1N(c2c(C)cccc2C)C2CCCCC2N1c1c(C)cccc1C. The molecule has 0 N–H and O–H groups in total. The van der Waals surface area contributed by atoms with Crippen LogP contribution >= 0.6 is 0 Å². The number of nitrogens with zero attached hydrogens (tertiary/aromatic N) is 4. The molecule has 2 saturated carbocycles. The Morgan fingerprint density at radius 3 is 0.680 bits per heavy atom. The molecule has 0 bridgehead atoms. The minimum absolute atomic E-state index is 0.117. The molecule has 4 heteroatoms. The number of hydrogen-bond donors (Lipinski definition) is 0. The average Bonchev–Trinajstić information content (AvgIpc) is 3.58. The van der Waals surface area contributed by atoms with E-state index in [-0.39, 0.29) is 12.3 Å². The Morgan fingerprint density at radius 2 is 0.500 bits per heavy atom. The van der Waals surface area contributed by atoms with Gasteiger partial charge in [0.2, 0.25) is 0 Å². The fourth-order valence-corrected chi connectivity index (χ4v) is 11.2. The molecule has 2 aliphatic carbocycles. The minimum atomic E-state index is 0.117. The van der Waals surface area contributed by atoms with Crippen molar-refractivity contribution < 1.29 is 0 Å². The van der Waals surface area contributed by atoms with Crippen LogP contribution < -0.4 is 19.6 Å². The molecule has 4 aliphatic rings. The summed E-state index contributed by atoms with van der Waals surface area (Å²) < 4.78 is 0. The molecule has 2 saturated heterocycles. The lowest BCUT2D eigenvalue weighted by Crippen LogP contribution is -2.61. The maximum Gasteiger partial charge on any atom is 0.142 e. The highest BCUT2D eigenvalue weighted by molar-refractivity contribution is 5.75. The van der Waals surface area contributed by atoms with E-state index >= 15 is 0 Å². The third kappa shape index (κ3) is 5.15. The summed E-state index contributed by atoms with van der Waals surface area (Å²) in [4.78, 5) is 12.0. The predicted octanol–water partition coefficient (Wildman–Crippen LogP) is 10.8. The molecule has 4 atom stereocenters.